The lowest BCUT2D eigenvalue weighted by atomic mass is 10.2. The van der Waals surface area contributed by atoms with Crippen molar-refractivity contribution in [3.8, 4) is 5.69 Å². The van der Waals surface area contributed by atoms with Gasteiger partial charge in [-0.3, -0.25) is 19.5 Å². The number of imide groups is 1. The number of carbonyl (C=O) groups excluding carboxylic acids is 2. The zero-order valence-corrected chi connectivity index (χ0v) is 16.1. The van der Waals surface area contributed by atoms with Crippen LogP contribution in [0, 0.1) is 5.82 Å². The minimum absolute atomic E-state index is 0.159. The number of thioether (sulfide) groups is 1. The van der Waals surface area contributed by atoms with Crippen LogP contribution in [0.25, 0.3) is 16.6 Å². The molecule has 0 aliphatic heterocycles. The predicted molar refractivity (Wildman–Crippen MR) is 105 cm³/mol. The quantitative estimate of drug-likeness (QED) is 0.498. The van der Waals surface area contributed by atoms with E-state index in [1.54, 1.807) is 24.3 Å². The van der Waals surface area contributed by atoms with Gasteiger partial charge in [0.25, 0.3) is 5.56 Å². The molecule has 0 spiro atoms. The fourth-order valence-electron chi connectivity index (χ4n) is 2.48. The van der Waals surface area contributed by atoms with Crippen LogP contribution < -0.4 is 16.6 Å². The highest BCUT2D eigenvalue weighted by Gasteiger charge is 2.21. The Hall–Kier alpha value is -2.91. The number of rotatable bonds is 4. The summed E-state index contributed by atoms with van der Waals surface area (Å²) in [6, 6.07) is 9.54. The Kier molecular flexibility index (Phi) is 5.66. The Morgan fingerprint density at radius 3 is 2.68 bits per heavy atom. The van der Waals surface area contributed by atoms with Crippen molar-refractivity contribution < 1.29 is 14.0 Å². The van der Waals surface area contributed by atoms with E-state index >= 15 is 0 Å². The van der Waals surface area contributed by atoms with E-state index in [2.05, 4.69) is 4.98 Å². The largest absolute Gasteiger partial charge is 0.351 e. The molecule has 10 heteroatoms. The highest BCUT2D eigenvalue weighted by atomic mass is 35.5. The van der Waals surface area contributed by atoms with Gasteiger partial charge in [0, 0.05) is 0 Å². The second kappa shape index (κ2) is 7.99. The van der Waals surface area contributed by atoms with Crippen molar-refractivity contribution in [1.82, 2.24) is 14.9 Å². The number of aromatic nitrogens is 2. The Morgan fingerprint density at radius 1 is 1.29 bits per heavy atom. The smallest absolute Gasteiger partial charge is 0.318 e. The van der Waals surface area contributed by atoms with E-state index in [4.69, 9.17) is 17.3 Å². The molecule has 7 nitrogen and oxygen atoms in total. The van der Waals surface area contributed by atoms with E-state index in [9.17, 15) is 18.8 Å². The van der Waals surface area contributed by atoms with Gasteiger partial charge in [-0.05, 0) is 37.3 Å². The molecule has 1 heterocycles. The molecule has 3 rings (SSSR count). The summed E-state index contributed by atoms with van der Waals surface area (Å²) in [5.74, 6) is -1.26. The second-order valence-electron chi connectivity index (χ2n) is 5.76. The summed E-state index contributed by atoms with van der Waals surface area (Å²) in [7, 11) is 0. The maximum atomic E-state index is 13.6. The van der Waals surface area contributed by atoms with Crippen molar-refractivity contribution in [1.29, 1.82) is 0 Å². The van der Waals surface area contributed by atoms with Gasteiger partial charge in [0.15, 0.2) is 5.16 Å². The first-order chi connectivity index (χ1) is 13.3. The number of primary amides is 1. The molecule has 2 aromatic carbocycles. The van der Waals surface area contributed by atoms with Gasteiger partial charge in [-0.15, -0.1) is 0 Å². The van der Waals surface area contributed by atoms with Crippen molar-refractivity contribution in [3.05, 3.63) is 63.7 Å². The second-order valence-corrected chi connectivity index (χ2v) is 7.48. The van der Waals surface area contributed by atoms with Crippen molar-refractivity contribution >= 4 is 46.2 Å². The van der Waals surface area contributed by atoms with Crippen LogP contribution >= 0.6 is 23.4 Å². The fraction of sp³-hybridized carbons (Fsp3) is 0.111. The first-order valence-electron chi connectivity index (χ1n) is 8.02. The number of benzene rings is 2. The summed E-state index contributed by atoms with van der Waals surface area (Å²) < 4.78 is 14.8. The number of nitrogens with one attached hydrogen (secondary N) is 1. The van der Waals surface area contributed by atoms with Crippen LogP contribution in [0.4, 0.5) is 9.18 Å². The summed E-state index contributed by atoms with van der Waals surface area (Å²) >= 11 is 6.82. The molecule has 0 saturated heterocycles. The molecular weight excluding hydrogens is 407 g/mol. The first-order valence-corrected chi connectivity index (χ1v) is 9.28. The molecule has 0 bridgehead atoms. The van der Waals surface area contributed by atoms with Crippen LogP contribution in [0.3, 0.4) is 0 Å². The average molecular weight is 421 g/mol. The lowest BCUT2D eigenvalue weighted by Gasteiger charge is -2.16. The van der Waals surface area contributed by atoms with E-state index in [0.29, 0.717) is 16.6 Å². The normalized spacial score (nSPS) is 12.0. The van der Waals surface area contributed by atoms with Gasteiger partial charge in [-0.25, -0.2) is 14.2 Å². The molecule has 3 N–H and O–H groups in total. The van der Waals surface area contributed by atoms with Gasteiger partial charge >= 0.3 is 6.03 Å². The minimum atomic E-state index is -0.980. The van der Waals surface area contributed by atoms with Gasteiger partial charge in [0.1, 0.15) is 5.82 Å². The third-order valence-electron chi connectivity index (χ3n) is 3.80. The Bertz CT molecular complexity index is 1150. The number of amides is 3. The monoisotopic (exact) mass is 420 g/mol. The molecule has 0 radical (unpaired) electrons. The Balaban J connectivity index is 2.17. The molecule has 3 amide bonds. The number of para-hydroxylation sites is 1. The number of halogens is 2. The first kappa shape index (κ1) is 19.8. The highest BCUT2D eigenvalue weighted by Crippen LogP contribution is 2.26. The number of hydrogen-bond donors (Lipinski definition) is 2. The summed E-state index contributed by atoms with van der Waals surface area (Å²) in [6.07, 6.45) is 0. The van der Waals surface area contributed by atoms with Crippen molar-refractivity contribution in [2.24, 2.45) is 5.73 Å². The van der Waals surface area contributed by atoms with Crippen LogP contribution in [0.5, 0.6) is 0 Å². The van der Waals surface area contributed by atoms with Crippen LogP contribution in [-0.4, -0.2) is 26.7 Å². The Morgan fingerprint density at radius 2 is 2.00 bits per heavy atom. The average Bonchev–Trinajstić information content (AvgIpc) is 2.64. The fourth-order valence-corrected chi connectivity index (χ4v) is 3.58. The number of fused-ring (bicyclic) bond motifs is 1. The van der Waals surface area contributed by atoms with Crippen molar-refractivity contribution in [2.45, 2.75) is 17.3 Å². The molecule has 0 aliphatic rings. The summed E-state index contributed by atoms with van der Waals surface area (Å²) in [5.41, 5.74) is 5.29. The number of urea groups is 1. The molecule has 144 valence electrons. The standard InChI is InChI=1S/C18H14ClFN4O3S/c1-9(15(25)23-17(21)27)28-18-22-14-5-3-2-4-11(14)16(26)24(18)10-6-7-13(20)12(19)8-10/h2-9H,1H3,(H3,21,23,25,27). The number of carbonyl (C=O) groups is 2. The number of nitrogens with two attached hydrogens (primary N) is 1. The highest BCUT2D eigenvalue weighted by molar-refractivity contribution is 8.00. The van der Waals surface area contributed by atoms with Crippen molar-refractivity contribution in [3.63, 3.8) is 0 Å². The third-order valence-corrected chi connectivity index (χ3v) is 5.15. The SMILES string of the molecule is CC(Sc1nc2ccccc2c(=O)n1-c1ccc(F)c(Cl)c1)C(=O)NC(N)=O. The topological polar surface area (TPSA) is 107 Å². The molecule has 1 unspecified atom stereocenters. The molecule has 28 heavy (non-hydrogen) atoms. The van der Waals surface area contributed by atoms with E-state index in [1.807, 2.05) is 5.32 Å². The summed E-state index contributed by atoms with van der Waals surface area (Å²) in [6.45, 7) is 1.53. The van der Waals surface area contributed by atoms with Gasteiger partial charge in [0.05, 0.1) is 26.9 Å². The van der Waals surface area contributed by atoms with Crippen LogP contribution in [-0.2, 0) is 4.79 Å². The van der Waals surface area contributed by atoms with Gasteiger partial charge < -0.3 is 5.73 Å². The van der Waals surface area contributed by atoms with Crippen molar-refractivity contribution in [2.75, 3.05) is 0 Å². The summed E-state index contributed by atoms with van der Waals surface area (Å²) in [5, 5.41) is 1.56. The van der Waals surface area contributed by atoms with Gasteiger partial charge in [-0.2, -0.15) is 0 Å². The lowest BCUT2D eigenvalue weighted by molar-refractivity contribution is -0.119. The van der Waals surface area contributed by atoms with Crippen LogP contribution in [0.1, 0.15) is 6.92 Å². The Labute approximate surface area is 167 Å². The van der Waals surface area contributed by atoms with E-state index in [-0.39, 0.29) is 10.2 Å². The molecule has 0 fully saturated rings. The number of nitrogens with zero attached hydrogens (tertiary/aromatic N) is 2. The van der Waals surface area contributed by atoms with Crippen LogP contribution in [0.15, 0.2) is 52.4 Å². The maximum Gasteiger partial charge on any atom is 0.318 e. The zero-order chi connectivity index (χ0) is 20.4. The summed E-state index contributed by atoms with van der Waals surface area (Å²) in [4.78, 5) is 40.5. The zero-order valence-electron chi connectivity index (χ0n) is 14.5. The lowest BCUT2D eigenvalue weighted by Crippen LogP contribution is -2.39. The van der Waals surface area contributed by atoms with Gasteiger partial charge in [0.2, 0.25) is 5.91 Å². The molecule has 1 atom stereocenters. The molecule has 3 aromatic rings. The maximum absolute atomic E-state index is 13.6. The van der Waals surface area contributed by atoms with E-state index < -0.39 is 28.6 Å². The minimum Gasteiger partial charge on any atom is -0.351 e. The number of hydrogen-bond acceptors (Lipinski definition) is 5. The van der Waals surface area contributed by atoms with Crippen LogP contribution in [0.2, 0.25) is 5.02 Å². The van der Waals surface area contributed by atoms with Gasteiger partial charge in [-0.1, -0.05) is 35.5 Å². The molecule has 0 aliphatic carbocycles. The molecule has 1 aromatic heterocycles. The van der Waals surface area contributed by atoms with E-state index in [0.717, 1.165) is 17.8 Å². The molecular formula is C18H14ClFN4O3S. The molecule has 0 saturated carbocycles. The third kappa shape index (κ3) is 4.00. The predicted octanol–water partition coefficient (Wildman–Crippen LogP) is 2.85. The van der Waals surface area contributed by atoms with E-state index in [1.165, 1.54) is 23.6 Å².